The first-order valence-corrected chi connectivity index (χ1v) is 5.28. The van der Waals surface area contributed by atoms with Gasteiger partial charge in [0.15, 0.2) is 0 Å². The van der Waals surface area contributed by atoms with Gasteiger partial charge < -0.3 is 9.84 Å². The van der Waals surface area contributed by atoms with Gasteiger partial charge in [0.1, 0.15) is 11.5 Å². The fourth-order valence-corrected chi connectivity index (χ4v) is 2.09. The van der Waals surface area contributed by atoms with Crippen molar-refractivity contribution in [3.8, 4) is 11.5 Å². The predicted molar refractivity (Wildman–Crippen MR) is 63.0 cm³/mol. The average Bonchev–Trinajstić information content (AvgIpc) is 2.19. The third-order valence-electron chi connectivity index (χ3n) is 3.04. The van der Waals surface area contributed by atoms with Gasteiger partial charge in [-0.1, -0.05) is 13.8 Å². The zero-order chi connectivity index (χ0) is 11.7. The van der Waals surface area contributed by atoms with E-state index in [0.717, 1.165) is 28.0 Å². The minimum absolute atomic E-state index is 0.352. The Morgan fingerprint density at radius 1 is 1.00 bits per heavy atom. The highest BCUT2D eigenvalue weighted by Gasteiger charge is 2.19. The molecule has 0 fully saturated rings. The van der Waals surface area contributed by atoms with Gasteiger partial charge in [0.05, 0.1) is 7.11 Å². The molecule has 2 heteroatoms. The molecule has 0 aliphatic carbocycles. The van der Waals surface area contributed by atoms with E-state index in [1.807, 2.05) is 20.8 Å². The lowest BCUT2D eigenvalue weighted by atomic mass is 9.91. The molecule has 0 bridgehead atoms. The quantitative estimate of drug-likeness (QED) is 0.806. The Hall–Kier alpha value is -1.18. The molecule has 0 aromatic heterocycles. The monoisotopic (exact) mass is 208 g/mol. The van der Waals surface area contributed by atoms with Gasteiger partial charge in [-0.25, -0.2) is 0 Å². The number of phenols is 1. The van der Waals surface area contributed by atoms with Gasteiger partial charge in [0, 0.05) is 5.56 Å². The fraction of sp³-hybridized carbons (Fsp3) is 0.538. The summed E-state index contributed by atoms with van der Waals surface area (Å²) in [4.78, 5) is 0. The number of phenolic OH excluding ortho intramolecular Hbond substituents is 1. The van der Waals surface area contributed by atoms with E-state index in [9.17, 15) is 5.11 Å². The molecule has 0 aliphatic rings. The number of hydrogen-bond donors (Lipinski definition) is 1. The Bertz CT molecular complexity index is 379. The predicted octanol–water partition coefficient (Wildman–Crippen LogP) is 3.45. The van der Waals surface area contributed by atoms with Crippen LogP contribution in [0.3, 0.4) is 0 Å². The van der Waals surface area contributed by atoms with Crippen LogP contribution in [-0.2, 0) is 0 Å². The van der Waals surface area contributed by atoms with Crippen LogP contribution in [-0.4, -0.2) is 12.2 Å². The zero-order valence-electron chi connectivity index (χ0n) is 10.4. The molecule has 0 unspecified atom stereocenters. The summed E-state index contributed by atoms with van der Waals surface area (Å²) in [5.74, 6) is 1.67. The summed E-state index contributed by atoms with van der Waals surface area (Å²) in [7, 11) is 1.68. The summed E-state index contributed by atoms with van der Waals surface area (Å²) in [6.07, 6.45) is 0. The SMILES string of the molecule is COc1c(C)c(C)c(O)c(C)c1C(C)C. The molecule has 84 valence electrons. The third-order valence-corrected chi connectivity index (χ3v) is 3.04. The normalized spacial score (nSPS) is 10.9. The first kappa shape index (κ1) is 11.9. The number of aromatic hydroxyl groups is 1. The van der Waals surface area contributed by atoms with Gasteiger partial charge in [-0.05, 0) is 43.4 Å². The van der Waals surface area contributed by atoms with Crippen molar-refractivity contribution in [1.29, 1.82) is 0 Å². The maximum Gasteiger partial charge on any atom is 0.126 e. The Morgan fingerprint density at radius 2 is 1.53 bits per heavy atom. The summed E-state index contributed by atoms with van der Waals surface area (Å²) >= 11 is 0. The molecule has 1 N–H and O–H groups in total. The molecule has 0 spiro atoms. The van der Waals surface area contributed by atoms with Gasteiger partial charge in [0.25, 0.3) is 0 Å². The van der Waals surface area contributed by atoms with Gasteiger partial charge >= 0.3 is 0 Å². The first-order chi connectivity index (χ1) is 6.91. The van der Waals surface area contributed by atoms with E-state index in [2.05, 4.69) is 13.8 Å². The highest BCUT2D eigenvalue weighted by Crippen LogP contribution is 2.40. The summed E-state index contributed by atoms with van der Waals surface area (Å²) < 4.78 is 5.44. The van der Waals surface area contributed by atoms with Gasteiger partial charge in [-0.3, -0.25) is 0 Å². The number of hydrogen-bond acceptors (Lipinski definition) is 2. The van der Waals surface area contributed by atoms with Crippen LogP contribution in [0.5, 0.6) is 11.5 Å². The van der Waals surface area contributed by atoms with Gasteiger partial charge in [-0.2, -0.15) is 0 Å². The van der Waals surface area contributed by atoms with E-state index in [4.69, 9.17) is 4.74 Å². The van der Waals surface area contributed by atoms with Crippen LogP contribution in [0.15, 0.2) is 0 Å². The van der Waals surface area contributed by atoms with Crippen LogP contribution >= 0.6 is 0 Å². The van der Waals surface area contributed by atoms with E-state index in [-0.39, 0.29) is 0 Å². The molecule has 0 saturated heterocycles. The van der Waals surface area contributed by atoms with Crippen LogP contribution in [0.2, 0.25) is 0 Å². The summed E-state index contributed by atoms with van der Waals surface area (Å²) in [5.41, 5.74) is 3.99. The number of rotatable bonds is 2. The molecule has 0 heterocycles. The molecule has 2 nitrogen and oxygen atoms in total. The molecule has 1 rings (SSSR count). The second kappa shape index (κ2) is 4.13. The molecule has 15 heavy (non-hydrogen) atoms. The Kier molecular flexibility index (Phi) is 3.28. The smallest absolute Gasteiger partial charge is 0.126 e. The van der Waals surface area contributed by atoms with Crippen molar-refractivity contribution >= 4 is 0 Å². The van der Waals surface area contributed by atoms with Crippen LogP contribution in [0.4, 0.5) is 0 Å². The lowest BCUT2D eigenvalue weighted by Crippen LogP contribution is -2.02. The largest absolute Gasteiger partial charge is 0.507 e. The minimum atomic E-state index is 0.352. The summed E-state index contributed by atoms with van der Waals surface area (Å²) in [6.45, 7) is 10.1. The maximum atomic E-state index is 9.98. The zero-order valence-corrected chi connectivity index (χ0v) is 10.4. The van der Waals surface area contributed by atoms with Crippen LogP contribution in [0.25, 0.3) is 0 Å². The summed E-state index contributed by atoms with van der Waals surface area (Å²) in [5, 5.41) is 9.98. The van der Waals surface area contributed by atoms with Crippen LogP contribution in [0.1, 0.15) is 42.0 Å². The topological polar surface area (TPSA) is 29.5 Å². The number of benzene rings is 1. The molecular formula is C13H20O2. The minimum Gasteiger partial charge on any atom is -0.507 e. The van der Waals surface area contributed by atoms with Crippen molar-refractivity contribution in [3.05, 3.63) is 22.3 Å². The van der Waals surface area contributed by atoms with Crippen molar-refractivity contribution in [1.82, 2.24) is 0 Å². The van der Waals surface area contributed by atoms with Crippen molar-refractivity contribution in [2.45, 2.75) is 40.5 Å². The standard InChI is InChI=1S/C13H20O2/c1-7(2)11-10(5)12(14)8(3)9(4)13(11)15-6/h7,14H,1-6H3. The maximum absolute atomic E-state index is 9.98. The number of ether oxygens (including phenoxy) is 1. The van der Waals surface area contributed by atoms with E-state index >= 15 is 0 Å². The van der Waals surface area contributed by atoms with Gasteiger partial charge in [0.2, 0.25) is 0 Å². The number of methoxy groups -OCH3 is 1. The van der Waals surface area contributed by atoms with Crippen molar-refractivity contribution in [2.24, 2.45) is 0 Å². The van der Waals surface area contributed by atoms with Gasteiger partial charge in [-0.15, -0.1) is 0 Å². The Balaban J connectivity index is 3.62. The summed E-state index contributed by atoms with van der Waals surface area (Å²) in [6, 6.07) is 0. The molecule has 0 atom stereocenters. The molecule has 0 amide bonds. The highest BCUT2D eigenvalue weighted by atomic mass is 16.5. The van der Waals surface area contributed by atoms with Crippen LogP contribution < -0.4 is 4.74 Å². The second-order valence-corrected chi connectivity index (χ2v) is 4.33. The molecule has 0 aliphatic heterocycles. The van der Waals surface area contributed by atoms with E-state index in [0.29, 0.717) is 11.7 Å². The Labute approximate surface area is 91.9 Å². The van der Waals surface area contributed by atoms with Crippen molar-refractivity contribution in [3.63, 3.8) is 0 Å². The van der Waals surface area contributed by atoms with E-state index in [1.54, 1.807) is 7.11 Å². The second-order valence-electron chi connectivity index (χ2n) is 4.33. The van der Waals surface area contributed by atoms with E-state index < -0.39 is 0 Å². The molecular weight excluding hydrogens is 188 g/mol. The molecule has 0 saturated carbocycles. The molecule has 1 aromatic carbocycles. The third kappa shape index (κ3) is 1.81. The fourth-order valence-electron chi connectivity index (χ4n) is 2.09. The van der Waals surface area contributed by atoms with E-state index in [1.165, 1.54) is 0 Å². The van der Waals surface area contributed by atoms with Crippen molar-refractivity contribution < 1.29 is 9.84 Å². The molecule has 0 radical (unpaired) electrons. The molecule has 1 aromatic rings. The lowest BCUT2D eigenvalue weighted by molar-refractivity contribution is 0.398. The highest BCUT2D eigenvalue weighted by molar-refractivity contribution is 5.58. The lowest BCUT2D eigenvalue weighted by Gasteiger charge is -2.20. The van der Waals surface area contributed by atoms with Crippen molar-refractivity contribution in [2.75, 3.05) is 7.11 Å². The van der Waals surface area contributed by atoms with Crippen LogP contribution in [0, 0.1) is 20.8 Å². The first-order valence-electron chi connectivity index (χ1n) is 5.28. The Morgan fingerprint density at radius 3 is 1.93 bits per heavy atom. The average molecular weight is 208 g/mol.